The third-order valence-electron chi connectivity index (χ3n) is 4.86. The molecule has 1 amide bonds. The zero-order chi connectivity index (χ0) is 17.0. The number of ether oxygens (including phenoxy) is 2. The molecule has 1 aliphatic rings. The molecule has 24 heavy (non-hydrogen) atoms. The van der Waals surface area contributed by atoms with E-state index in [9.17, 15) is 4.79 Å². The minimum atomic E-state index is -0.436. The van der Waals surface area contributed by atoms with Crippen molar-refractivity contribution in [2.24, 2.45) is 0 Å². The molecule has 0 radical (unpaired) electrons. The van der Waals surface area contributed by atoms with Crippen molar-refractivity contribution < 1.29 is 14.3 Å². The molecule has 126 valence electrons. The summed E-state index contributed by atoms with van der Waals surface area (Å²) in [6.45, 7) is 0. The zero-order valence-corrected chi connectivity index (χ0v) is 14.2. The maximum atomic E-state index is 13.1. The monoisotopic (exact) mass is 325 g/mol. The van der Waals surface area contributed by atoms with Crippen LogP contribution in [-0.4, -0.2) is 20.1 Å². The van der Waals surface area contributed by atoms with Crippen molar-refractivity contribution in [2.75, 3.05) is 19.5 Å². The lowest BCUT2D eigenvalue weighted by molar-refractivity contribution is -0.121. The quantitative estimate of drug-likeness (QED) is 0.898. The second-order valence-corrected chi connectivity index (χ2v) is 6.18. The van der Waals surface area contributed by atoms with Crippen LogP contribution >= 0.6 is 0 Å². The minimum absolute atomic E-state index is 0.0541. The van der Waals surface area contributed by atoms with Crippen LogP contribution in [0.4, 0.5) is 5.69 Å². The van der Waals surface area contributed by atoms with Gasteiger partial charge in [-0.15, -0.1) is 0 Å². The molecule has 1 aliphatic carbocycles. The molecule has 0 atom stereocenters. The molecule has 0 saturated heterocycles. The smallest absolute Gasteiger partial charge is 0.235 e. The molecule has 3 rings (SSSR count). The Morgan fingerprint density at radius 2 is 1.62 bits per heavy atom. The number of rotatable bonds is 5. The molecule has 1 saturated carbocycles. The summed E-state index contributed by atoms with van der Waals surface area (Å²) in [6, 6.07) is 15.5. The Balaban J connectivity index is 1.87. The number of benzene rings is 2. The normalized spacial score (nSPS) is 15.8. The summed E-state index contributed by atoms with van der Waals surface area (Å²) in [6.07, 6.45) is 3.93. The van der Waals surface area contributed by atoms with Crippen LogP contribution in [0.25, 0.3) is 0 Å². The van der Waals surface area contributed by atoms with Gasteiger partial charge in [-0.3, -0.25) is 4.79 Å². The summed E-state index contributed by atoms with van der Waals surface area (Å²) < 4.78 is 10.6. The molecule has 0 aliphatic heterocycles. The fourth-order valence-electron chi connectivity index (χ4n) is 3.55. The van der Waals surface area contributed by atoms with E-state index in [1.807, 2.05) is 24.3 Å². The lowest BCUT2D eigenvalue weighted by Crippen LogP contribution is -2.37. The van der Waals surface area contributed by atoms with Crippen molar-refractivity contribution in [3.8, 4) is 11.5 Å². The van der Waals surface area contributed by atoms with E-state index in [4.69, 9.17) is 9.47 Å². The standard InChI is InChI=1S/C20H23NO3/c1-23-17-11-10-16(14-18(17)24-2)21-19(22)20(12-6-7-13-20)15-8-4-3-5-9-15/h3-5,8-11,14H,6-7,12-13H2,1-2H3,(H,21,22). The summed E-state index contributed by atoms with van der Waals surface area (Å²) in [5.74, 6) is 1.31. The average molecular weight is 325 g/mol. The van der Waals surface area contributed by atoms with E-state index in [1.54, 1.807) is 26.4 Å². The van der Waals surface area contributed by atoms with Gasteiger partial charge in [0.2, 0.25) is 5.91 Å². The summed E-state index contributed by atoms with van der Waals surface area (Å²) in [4.78, 5) is 13.1. The first-order chi connectivity index (χ1) is 11.7. The largest absolute Gasteiger partial charge is 0.493 e. The molecule has 2 aromatic rings. The molecule has 1 N–H and O–H groups in total. The van der Waals surface area contributed by atoms with Gasteiger partial charge < -0.3 is 14.8 Å². The summed E-state index contributed by atoms with van der Waals surface area (Å²) in [5, 5.41) is 3.07. The third kappa shape index (κ3) is 2.96. The fraction of sp³-hybridized carbons (Fsp3) is 0.350. The van der Waals surface area contributed by atoms with Gasteiger partial charge in [0, 0.05) is 11.8 Å². The lowest BCUT2D eigenvalue weighted by Gasteiger charge is -2.28. The van der Waals surface area contributed by atoms with Crippen molar-refractivity contribution in [3.05, 3.63) is 54.1 Å². The van der Waals surface area contributed by atoms with Crippen LogP contribution in [0.3, 0.4) is 0 Å². The van der Waals surface area contributed by atoms with Gasteiger partial charge in [0.15, 0.2) is 11.5 Å². The molecule has 0 unspecified atom stereocenters. The Bertz CT molecular complexity index is 706. The molecule has 2 aromatic carbocycles. The first-order valence-electron chi connectivity index (χ1n) is 8.28. The van der Waals surface area contributed by atoms with Crippen LogP contribution in [0.1, 0.15) is 31.2 Å². The van der Waals surface area contributed by atoms with E-state index in [2.05, 4.69) is 17.4 Å². The van der Waals surface area contributed by atoms with Gasteiger partial charge in [-0.05, 0) is 30.5 Å². The number of hydrogen-bond donors (Lipinski definition) is 1. The van der Waals surface area contributed by atoms with E-state index in [0.717, 1.165) is 36.9 Å². The maximum Gasteiger partial charge on any atom is 0.235 e. The topological polar surface area (TPSA) is 47.6 Å². The van der Waals surface area contributed by atoms with Gasteiger partial charge in [0.1, 0.15) is 0 Å². The molecule has 0 bridgehead atoms. The third-order valence-corrected chi connectivity index (χ3v) is 4.86. The number of nitrogens with one attached hydrogen (secondary N) is 1. The predicted molar refractivity (Wildman–Crippen MR) is 94.8 cm³/mol. The average Bonchev–Trinajstić information content (AvgIpc) is 3.13. The van der Waals surface area contributed by atoms with Gasteiger partial charge >= 0.3 is 0 Å². The predicted octanol–water partition coefficient (Wildman–Crippen LogP) is 4.15. The van der Waals surface area contributed by atoms with E-state index < -0.39 is 5.41 Å². The Hall–Kier alpha value is -2.49. The Kier molecular flexibility index (Phi) is 4.74. The second kappa shape index (κ2) is 6.95. The molecule has 0 spiro atoms. The number of methoxy groups -OCH3 is 2. The molecule has 0 heterocycles. The highest BCUT2D eigenvalue weighted by Crippen LogP contribution is 2.42. The van der Waals surface area contributed by atoms with Crippen molar-refractivity contribution >= 4 is 11.6 Å². The van der Waals surface area contributed by atoms with Crippen molar-refractivity contribution in [1.82, 2.24) is 0 Å². The molecule has 4 nitrogen and oxygen atoms in total. The van der Waals surface area contributed by atoms with Crippen LogP contribution in [0, 0.1) is 0 Å². The number of hydrogen-bond acceptors (Lipinski definition) is 3. The Morgan fingerprint density at radius 1 is 0.958 bits per heavy atom. The second-order valence-electron chi connectivity index (χ2n) is 6.18. The zero-order valence-electron chi connectivity index (χ0n) is 14.2. The molecular weight excluding hydrogens is 302 g/mol. The van der Waals surface area contributed by atoms with Crippen molar-refractivity contribution in [3.63, 3.8) is 0 Å². The van der Waals surface area contributed by atoms with Crippen molar-refractivity contribution in [1.29, 1.82) is 0 Å². The van der Waals surface area contributed by atoms with Crippen LogP contribution in [0.5, 0.6) is 11.5 Å². The van der Waals surface area contributed by atoms with Crippen LogP contribution in [-0.2, 0) is 10.2 Å². The van der Waals surface area contributed by atoms with Gasteiger partial charge in [0.25, 0.3) is 0 Å². The number of anilines is 1. The number of carbonyl (C=O) groups is 1. The molecule has 1 fully saturated rings. The summed E-state index contributed by atoms with van der Waals surface area (Å²) >= 11 is 0. The van der Waals surface area contributed by atoms with E-state index >= 15 is 0 Å². The highest BCUT2D eigenvalue weighted by Gasteiger charge is 2.42. The molecule has 4 heteroatoms. The van der Waals surface area contributed by atoms with Crippen molar-refractivity contribution in [2.45, 2.75) is 31.1 Å². The first kappa shape index (κ1) is 16.4. The number of amides is 1. The molecular formula is C20H23NO3. The SMILES string of the molecule is COc1ccc(NC(=O)C2(c3ccccc3)CCCC2)cc1OC. The number of carbonyl (C=O) groups excluding carboxylic acids is 1. The van der Waals surface area contributed by atoms with Gasteiger partial charge in [-0.25, -0.2) is 0 Å². The highest BCUT2D eigenvalue weighted by atomic mass is 16.5. The van der Waals surface area contributed by atoms with Crippen LogP contribution < -0.4 is 14.8 Å². The van der Waals surface area contributed by atoms with Gasteiger partial charge in [0.05, 0.1) is 19.6 Å². The van der Waals surface area contributed by atoms with Gasteiger partial charge in [-0.2, -0.15) is 0 Å². The maximum absolute atomic E-state index is 13.1. The van der Waals surface area contributed by atoms with Gasteiger partial charge in [-0.1, -0.05) is 43.2 Å². The Morgan fingerprint density at radius 3 is 2.25 bits per heavy atom. The fourth-order valence-corrected chi connectivity index (χ4v) is 3.55. The first-order valence-corrected chi connectivity index (χ1v) is 8.28. The van der Waals surface area contributed by atoms with E-state index in [-0.39, 0.29) is 5.91 Å². The molecule has 0 aromatic heterocycles. The van der Waals surface area contributed by atoms with E-state index in [1.165, 1.54) is 0 Å². The van der Waals surface area contributed by atoms with Crippen LogP contribution in [0.2, 0.25) is 0 Å². The minimum Gasteiger partial charge on any atom is -0.493 e. The summed E-state index contributed by atoms with van der Waals surface area (Å²) in [5.41, 5.74) is 1.38. The summed E-state index contributed by atoms with van der Waals surface area (Å²) in [7, 11) is 3.19. The van der Waals surface area contributed by atoms with Crippen LogP contribution in [0.15, 0.2) is 48.5 Å². The van der Waals surface area contributed by atoms with E-state index in [0.29, 0.717) is 11.5 Å². The lowest BCUT2D eigenvalue weighted by atomic mass is 9.78. The Labute approximate surface area is 142 Å². The highest BCUT2D eigenvalue weighted by molar-refractivity contribution is 5.99.